The lowest BCUT2D eigenvalue weighted by atomic mass is 10.3. The summed E-state index contributed by atoms with van der Waals surface area (Å²) in [4.78, 5) is 19.1. The van der Waals surface area contributed by atoms with Crippen LogP contribution >= 0.6 is 11.8 Å². The first-order chi connectivity index (χ1) is 7.59. The van der Waals surface area contributed by atoms with Gasteiger partial charge in [0.25, 0.3) is 0 Å². The molecule has 16 heavy (non-hydrogen) atoms. The van der Waals surface area contributed by atoms with Crippen LogP contribution in [0.15, 0.2) is 23.6 Å². The number of hydrogen-bond donors (Lipinski definition) is 2. The number of nitrogens with zero attached hydrogens (tertiary/aromatic N) is 2. The zero-order valence-electron chi connectivity index (χ0n) is 9.38. The van der Waals surface area contributed by atoms with Crippen LogP contribution in [-0.2, 0) is 4.79 Å². The molecular formula is C10H16N4OS. The average Bonchev–Trinajstić information content (AvgIpc) is 2.25. The summed E-state index contributed by atoms with van der Waals surface area (Å²) >= 11 is 1.48. The Morgan fingerprint density at radius 2 is 2.38 bits per heavy atom. The molecule has 0 bridgehead atoms. The molecule has 1 unspecified atom stereocenters. The Hall–Kier alpha value is -1.14. The van der Waals surface area contributed by atoms with E-state index in [0.717, 1.165) is 5.03 Å². The second kappa shape index (κ2) is 6.44. The van der Waals surface area contributed by atoms with Crippen LogP contribution in [0.1, 0.15) is 13.8 Å². The molecule has 3 N–H and O–H groups in total. The van der Waals surface area contributed by atoms with Crippen molar-refractivity contribution in [3.8, 4) is 0 Å². The van der Waals surface area contributed by atoms with Gasteiger partial charge in [0.15, 0.2) is 0 Å². The molecule has 1 aromatic rings. The van der Waals surface area contributed by atoms with Crippen LogP contribution in [0.25, 0.3) is 0 Å². The highest BCUT2D eigenvalue weighted by Crippen LogP contribution is 2.14. The lowest BCUT2D eigenvalue weighted by Crippen LogP contribution is -2.46. The van der Waals surface area contributed by atoms with Gasteiger partial charge in [0.2, 0.25) is 5.91 Å². The third-order valence-corrected chi connectivity index (χ3v) is 2.87. The molecule has 0 aliphatic rings. The Bertz CT molecular complexity index is 331. The average molecular weight is 240 g/mol. The second-order valence-electron chi connectivity index (χ2n) is 3.63. The first-order valence-corrected chi connectivity index (χ1v) is 6.02. The summed E-state index contributed by atoms with van der Waals surface area (Å²) < 4.78 is 0. The van der Waals surface area contributed by atoms with Gasteiger partial charge in [0, 0.05) is 18.0 Å². The van der Waals surface area contributed by atoms with Crippen molar-refractivity contribution in [3.63, 3.8) is 0 Å². The SMILES string of the molecule is CC(C)NC(CSc1ccncn1)C(N)=O. The maximum Gasteiger partial charge on any atom is 0.235 e. The van der Waals surface area contributed by atoms with E-state index in [0.29, 0.717) is 5.75 Å². The minimum Gasteiger partial charge on any atom is -0.368 e. The minimum absolute atomic E-state index is 0.225. The largest absolute Gasteiger partial charge is 0.368 e. The molecule has 0 aromatic carbocycles. The van der Waals surface area contributed by atoms with Gasteiger partial charge in [-0.1, -0.05) is 13.8 Å². The number of thioether (sulfide) groups is 1. The summed E-state index contributed by atoms with van der Waals surface area (Å²) in [6.45, 7) is 3.95. The molecule has 0 spiro atoms. The van der Waals surface area contributed by atoms with E-state index in [1.807, 2.05) is 13.8 Å². The van der Waals surface area contributed by atoms with Crippen molar-refractivity contribution in [2.24, 2.45) is 5.73 Å². The van der Waals surface area contributed by atoms with Crippen LogP contribution in [0.5, 0.6) is 0 Å². The predicted molar refractivity (Wildman–Crippen MR) is 64.0 cm³/mol. The molecule has 1 heterocycles. The number of amides is 1. The maximum atomic E-state index is 11.2. The molecule has 1 rings (SSSR count). The fraction of sp³-hybridized carbons (Fsp3) is 0.500. The monoisotopic (exact) mass is 240 g/mol. The molecule has 1 amide bonds. The first kappa shape index (κ1) is 12.9. The van der Waals surface area contributed by atoms with Crippen LogP contribution in [0.2, 0.25) is 0 Å². The van der Waals surface area contributed by atoms with Crippen LogP contribution in [0.3, 0.4) is 0 Å². The van der Waals surface area contributed by atoms with Crippen molar-refractivity contribution in [2.75, 3.05) is 5.75 Å². The first-order valence-electron chi connectivity index (χ1n) is 5.03. The number of carbonyl (C=O) groups excluding carboxylic acids is 1. The van der Waals surface area contributed by atoms with E-state index in [4.69, 9.17) is 5.73 Å². The highest BCUT2D eigenvalue weighted by molar-refractivity contribution is 7.99. The lowest BCUT2D eigenvalue weighted by molar-refractivity contribution is -0.119. The number of carbonyl (C=O) groups is 1. The fourth-order valence-electron chi connectivity index (χ4n) is 1.15. The molecular weight excluding hydrogens is 224 g/mol. The molecule has 0 fully saturated rings. The van der Waals surface area contributed by atoms with Crippen molar-refractivity contribution in [1.29, 1.82) is 0 Å². The number of hydrogen-bond acceptors (Lipinski definition) is 5. The van der Waals surface area contributed by atoms with Gasteiger partial charge in [-0.05, 0) is 6.07 Å². The van der Waals surface area contributed by atoms with Gasteiger partial charge in [-0.25, -0.2) is 9.97 Å². The number of rotatable bonds is 6. The van der Waals surface area contributed by atoms with E-state index in [-0.39, 0.29) is 18.0 Å². The van der Waals surface area contributed by atoms with Crippen LogP contribution in [-0.4, -0.2) is 33.7 Å². The molecule has 0 saturated carbocycles. The Labute approximate surface area is 99.2 Å². The van der Waals surface area contributed by atoms with E-state index >= 15 is 0 Å². The second-order valence-corrected chi connectivity index (χ2v) is 4.68. The van der Waals surface area contributed by atoms with Crippen LogP contribution < -0.4 is 11.1 Å². The van der Waals surface area contributed by atoms with E-state index in [2.05, 4.69) is 15.3 Å². The maximum absolute atomic E-state index is 11.2. The molecule has 0 saturated heterocycles. The molecule has 0 radical (unpaired) electrons. The number of nitrogens with one attached hydrogen (secondary N) is 1. The van der Waals surface area contributed by atoms with Gasteiger partial charge >= 0.3 is 0 Å². The van der Waals surface area contributed by atoms with E-state index < -0.39 is 0 Å². The molecule has 0 aliphatic carbocycles. The van der Waals surface area contributed by atoms with Crippen molar-refractivity contribution >= 4 is 17.7 Å². The summed E-state index contributed by atoms with van der Waals surface area (Å²) in [5.41, 5.74) is 5.30. The highest BCUT2D eigenvalue weighted by atomic mass is 32.2. The third kappa shape index (κ3) is 4.59. The number of primary amides is 1. The zero-order chi connectivity index (χ0) is 12.0. The predicted octanol–water partition coefficient (Wildman–Crippen LogP) is 0.421. The minimum atomic E-state index is -0.338. The molecule has 6 heteroatoms. The third-order valence-electron chi connectivity index (χ3n) is 1.83. The molecule has 1 aromatic heterocycles. The fourth-order valence-corrected chi connectivity index (χ4v) is 2.02. The lowest BCUT2D eigenvalue weighted by Gasteiger charge is -2.17. The topological polar surface area (TPSA) is 80.9 Å². The van der Waals surface area contributed by atoms with Gasteiger partial charge < -0.3 is 11.1 Å². The van der Waals surface area contributed by atoms with Gasteiger partial charge in [-0.3, -0.25) is 4.79 Å². The van der Waals surface area contributed by atoms with Gasteiger partial charge in [-0.2, -0.15) is 0 Å². The van der Waals surface area contributed by atoms with Crippen molar-refractivity contribution in [3.05, 3.63) is 18.6 Å². The van der Waals surface area contributed by atoms with E-state index in [9.17, 15) is 4.79 Å². The molecule has 0 aliphatic heterocycles. The van der Waals surface area contributed by atoms with Gasteiger partial charge in [-0.15, -0.1) is 11.8 Å². The number of aromatic nitrogens is 2. The van der Waals surface area contributed by atoms with Gasteiger partial charge in [0.1, 0.15) is 6.33 Å². The van der Waals surface area contributed by atoms with Crippen molar-refractivity contribution in [2.45, 2.75) is 31.0 Å². The summed E-state index contributed by atoms with van der Waals surface area (Å²) in [5.74, 6) is 0.236. The smallest absolute Gasteiger partial charge is 0.235 e. The van der Waals surface area contributed by atoms with E-state index in [1.54, 1.807) is 12.3 Å². The van der Waals surface area contributed by atoms with Crippen LogP contribution in [0, 0.1) is 0 Å². The van der Waals surface area contributed by atoms with Gasteiger partial charge in [0.05, 0.1) is 11.1 Å². The Morgan fingerprint density at radius 3 is 2.88 bits per heavy atom. The molecule has 88 valence electrons. The Balaban J connectivity index is 2.47. The summed E-state index contributed by atoms with van der Waals surface area (Å²) in [5, 5.41) is 3.95. The Morgan fingerprint density at radius 1 is 1.62 bits per heavy atom. The zero-order valence-corrected chi connectivity index (χ0v) is 10.2. The standard InChI is InChI=1S/C10H16N4OS/c1-7(2)14-8(10(11)15)5-16-9-3-4-12-6-13-9/h3-4,6-8,14H,5H2,1-2H3,(H2,11,15). The van der Waals surface area contributed by atoms with Crippen molar-refractivity contribution < 1.29 is 4.79 Å². The van der Waals surface area contributed by atoms with Crippen LogP contribution in [0.4, 0.5) is 0 Å². The summed E-state index contributed by atoms with van der Waals surface area (Å²) in [6, 6.07) is 1.70. The van der Waals surface area contributed by atoms with E-state index in [1.165, 1.54) is 18.1 Å². The summed E-state index contributed by atoms with van der Waals surface area (Å²) in [7, 11) is 0. The quantitative estimate of drug-likeness (QED) is 0.556. The molecule has 1 atom stereocenters. The number of nitrogens with two attached hydrogens (primary N) is 1. The summed E-state index contributed by atoms with van der Waals surface area (Å²) in [6.07, 6.45) is 3.15. The Kier molecular flexibility index (Phi) is 5.21. The van der Waals surface area contributed by atoms with Crippen molar-refractivity contribution in [1.82, 2.24) is 15.3 Å². The highest BCUT2D eigenvalue weighted by Gasteiger charge is 2.16. The normalized spacial score (nSPS) is 12.7. The molecule has 5 nitrogen and oxygen atoms in total.